The van der Waals surface area contributed by atoms with Gasteiger partial charge in [0.05, 0.1) is 6.04 Å². The molecular weight excluding hydrogens is 176 g/mol. The maximum Gasteiger partial charge on any atom is 0.149 e. The Morgan fingerprint density at radius 2 is 2.36 bits per heavy atom. The van der Waals surface area contributed by atoms with Crippen LogP contribution in [0.3, 0.4) is 0 Å². The van der Waals surface area contributed by atoms with E-state index in [0.29, 0.717) is 6.04 Å². The van der Waals surface area contributed by atoms with Gasteiger partial charge in [0.1, 0.15) is 11.6 Å². The van der Waals surface area contributed by atoms with Crippen molar-refractivity contribution in [1.82, 2.24) is 20.1 Å². The third-order valence-electron chi connectivity index (χ3n) is 2.73. The van der Waals surface area contributed by atoms with Crippen LogP contribution in [-0.4, -0.2) is 21.3 Å². The molecular formula is C10H18N4. The molecule has 2 heterocycles. The van der Waals surface area contributed by atoms with E-state index in [1.807, 2.05) is 0 Å². The monoisotopic (exact) mass is 194 g/mol. The Balaban J connectivity index is 2.08. The molecule has 1 atom stereocenters. The Morgan fingerprint density at radius 3 is 3.14 bits per heavy atom. The summed E-state index contributed by atoms with van der Waals surface area (Å²) in [6.07, 6.45) is 3.47. The molecule has 1 aliphatic heterocycles. The summed E-state index contributed by atoms with van der Waals surface area (Å²) in [5.41, 5.74) is 0. The van der Waals surface area contributed by atoms with E-state index in [1.165, 1.54) is 6.42 Å². The van der Waals surface area contributed by atoms with Gasteiger partial charge in [0.15, 0.2) is 0 Å². The van der Waals surface area contributed by atoms with E-state index in [1.54, 1.807) is 0 Å². The van der Waals surface area contributed by atoms with Crippen molar-refractivity contribution in [3.63, 3.8) is 0 Å². The molecule has 0 saturated carbocycles. The van der Waals surface area contributed by atoms with Gasteiger partial charge in [-0.15, -0.1) is 10.2 Å². The molecule has 0 spiro atoms. The maximum atomic E-state index is 4.24. The van der Waals surface area contributed by atoms with Crippen LogP contribution in [0.25, 0.3) is 0 Å². The summed E-state index contributed by atoms with van der Waals surface area (Å²) in [5, 5.41) is 11.9. The Bertz CT molecular complexity index is 305. The molecule has 1 N–H and O–H groups in total. The van der Waals surface area contributed by atoms with Crippen molar-refractivity contribution in [2.24, 2.45) is 0 Å². The summed E-state index contributed by atoms with van der Waals surface area (Å²) in [4.78, 5) is 0. The summed E-state index contributed by atoms with van der Waals surface area (Å²) in [7, 11) is 0. The van der Waals surface area contributed by atoms with Crippen molar-refractivity contribution >= 4 is 0 Å². The molecule has 0 bridgehead atoms. The SMILES string of the molecule is CCCNC(C)c1nnc2n1CCC2. The highest BCUT2D eigenvalue weighted by Crippen LogP contribution is 2.18. The average molecular weight is 194 g/mol. The molecule has 4 heteroatoms. The molecule has 4 nitrogen and oxygen atoms in total. The van der Waals surface area contributed by atoms with E-state index in [0.717, 1.165) is 37.6 Å². The first kappa shape index (κ1) is 9.65. The first-order valence-corrected chi connectivity index (χ1v) is 5.48. The third kappa shape index (κ3) is 1.66. The van der Waals surface area contributed by atoms with E-state index in [2.05, 4.69) is 33.9 Å². The van der Waals surface area contributed by atoms with Crippen LogP contribution in [0, 0.1) is 0 Å². The number of nitrogens with one attached hydrogen (secondary N) is 1. The van der Waals surface area contributed by atoms with Crippen LogP contribution in [0.4, 0.5) is 0 Å². The van der Waals surface area contributed by atoms with Gasteiger partial charge in [0.2, 0.25) is 0 Å². The molecule has 0 radical (unpaired) electrons. The van der Waals surface area contributed by atoms with Gasteiger partial charge in [-0.05, 0) is 26.3 Å². The fourth-order valence-corrected chi connectivity index (χ4v) is 1.95. The summed E-state index contributed by atoms with van der Waals surface area (Å²) in [6, 6.07) is 0.328. The maximum absolute atomic E-state index is 4.24. The van der Waals surface area contributed by atoms with Gasteiger partial charge in [0, 0.05) is 13.0 Å². The number of fused-ring (bicyclic) bond motifs is 1. The van der Waals surface area contributed by atoms with Crippen molar-refractivity contribution < 1.29 is 0 Å². The normalized spacial score (nSPS) is 17.0. The van der Waals surface area contributed by atoms with Crippen LogP contribution >= 0.6 is 0 Å². The molecule has 1 aromatic rings. The summed E-state index contributed by atoms with van der Waals surface area (Å²) in [5.74, 6) is 2.26. The molecule has 0 fully saturated rings. The van der Waals surface area contributed by atoms with E-state index < -0.39 is 0 Å². The lowest BCUT2D eigenvalue weighted by Gasteiger charge is -2.12. The molecule has 14 heavy (non-hydrogen) atoms. The summed E-state index contributed by atoms with van der Waals surface area (Å²) >= 11 is 0. The lowest BCUT2D eigenvalue weighted by Crippen LogP contribution is -2.22. The molecule has 0 aliphatic carbocycles. The van der Waals surface area contributed by atoms with E-state index >= 15 is 0 Å². The molecule has 1 aliphatic rings. The topological polar surface area (TPSA) is 42.7 Å². The predicted octanol–water partition coefficient (Wildman–Crippen LogP) is 1.28. The van der Waals surface area contributed by atoms with Gasteiger partial charge in [-0.1, -0.05) is 6.92 Å². The quantitative estimate of drug-likeness (QED) is 0.785. The van der Waals surface area contributed by atoms with Crippen molar-refractivity contribution in [3.05, 3.63) is 11.6 Å². The Kier molecular flexibility index (Phi) is 2.82. The van der Waals surface area contributed by atoms with E-state index in [-0.39, 0.29) is 0 Å². The van der Waals surface area contributed by atoms with Gasteiger partial charge in [0.25, 0.3) is 0 Å². The average Bonchev–Trinajstić information content (AvgIpc) is 2.74. The molecule has 0 aromatic carbocycles. The van der Waals surface area contributed by atoms with Crippen LogP contribution < -0.4 is 5.32 Å². The zero-order chi connectivity index (χ0) is 9.97. The second-order valence-electron chi connectivity index (χ2n) is 3.91. The van der Waals surface area contributed by atoms with Crippen LogP contribution in [0.2, 0.25) is 0 Å². The van der Waals surface area contributed by atoms with Crippen LogP contribution in [-0.2, 0) is 13.0 Å². The zero-order valence-corrected chi connectivity index (χ0v) is 8.95. The summed E-state index contributed by atoms with van der Waals surface area (Å²) in [6.45, 7) is 6.47. The molecule has 0 saturated heterocycles. The summed E-state index contributed by atoms with van der Waals surface area (Å²) < 4.78 is 2.26. The first-order chi connectivity index (χ1) is 6.83. The van der Waals surface area contributed by atoms with Crippen LogP contribution in [0.1, 0.15) is 44.4 Å². The molecule has 2 rings (SSSR count). The Hall–Kier alpha value is -0.900. The van der Waals surface area contributed by atoms with Crippen molar-refractivity contribution in [3.8, 4) is 0 Å². The van der Waals surface area contributed by atoms with Crippen molar-refractivity contribution in [2.75, 3.05) is 6.54 Å². The minimum absolute atomic E-state index is 0.328. The number of rotatable bonds is 4. The highest BCUT2D eigenvalue weighted by molar-refractivity contribution is 5.03. The van der Waals surface area contributed by atoms with Gasteiger partial charge < -0.3 is 9.88 Å². The number of nitrogens with zero attached hydrogens (tertiary/aromatic N) is 3. The second-order valence-corrected chi connectivity index (χ2v) is 3.91. The predicted molar refractivity (Wildman–Crippen MR) is 55.1 cm³/mol. The molecule has 0 amide bonds. The van der Waals surface area contributed by atoms with Gasteiger partial charge in [-0.2, -0.15) is 0 Å². The van der Waals surface area contributed by atoms with Crippen LogP contribution in [0.15, 0.2) is 0 Å². The van der Waals surface area contributed by atoms with E-state index in [4.69, 9.17) is 0 Å². The standard InChI is InChI=1S/C10H18N4/c1-3-6-11-8(2)10-13-12-9-5-4-7-14(9)10/h8,11H,3-7H2,1-2H3. The number of aromatic nitrogens is 3. The minimum Gasteiger partial charge on any atom is -0.314 e. The first-order valence-electron chi connectivity index (χ1n) is 5.48. The van der Waals surface area contributed by atoms with Gasteiger partial charge in [-0.25, -0.2) is 0 Å². The zero-order valence-electron chi connectivity index (χ0n) is 8.95. The second kappa shape index (κ2) is 4.09. The molecule has 78 valence electrons. The fraction of sp³-hybridized carbons (Fsp3) is 0.800. The van der Waals surface area contributed by atoms with Crippen molar-refractivity contribution in [2.45, 2.75) is 45.7 Å². The number of aryl methyl sites for hydroxylation is 1. The fourth-order valence-electron chi connectivity index (χ4n) is 1.95. The highest BCUT2D eigenvalue weighted by atomic mass is 15.3. The smallest absolute Gasteiger partial charge is 0.149 e. The lowest BCUT2D eigenvalue weighted by atomic mass is 10.3. The van der Waals surface area contributed by atoms with E-state index in [9.17, 15) is 0 Å². The lowest BCUT2D eigenvalue weighted by molar-refractivity contribution is 0.515. The van der Waals surface area contributed by atoms with Crippen molar-refractivity contribution in [1.29, 1.82) is 0 Å². The van der Waals surface area contributed by atoms with Crippen LogP contribution in [0.5, 0.6) is 0 Å². The van der Waals surface area contributed by atoms with Gasteiger partial charge in [-0.3, -0.25) is 0 Å². The van der Waals surface area contributed by atoms with Gasteiger partial charge >= 0.3 is 0 Å². The highest BCUT2D eigenvalue weighted by Gasteiger charge is 2.20. The number of hydrogen-bond donors (Lipinski definition) is 1. The molecule has 1 aromatic heterocycles. The largest absolute Gasteiger partial charge is 0.314 e. The molecule has 1 unspecified atom stereocenters. The minimum atomic E-state index is 0.328. The number of hydrogen-bond acceptors (Lipinski definition) is 3. The third-order valence-corrected chi connectivity index (χ3v) is 2.73. The Labute approximate surface area is 84.7 Å². The Morgan fingerprint density at radius 1 is 1.50 bits per heavy atom.